The SMILES string of the molecule is CCc1ccc(C2CNCCN2C(=O)C2CCN(Cc3ccccc3)CC2)cc1.Cl.Cl. The van der Waals surface area contributed by atoms with Gasteiger partial charge in [-0.3, -0.25) is 9.69 Å². The highest BCUT2D eigenvalue weighted by Gasteiger charge is 2.34. The van der Waals surface area contributed by atoms with E-state index < -0.39 is 0 Å². The van der Waals surface area contributed by atoms with Crippen LogP contribution in [-0.4, -0.2) is 48.4 Å². The highest BCUT2D eigenvalue weighted by Crippen LogP contribution is 2.28. The Bertz CT molecular complexity index is 792. The van der Waals surface area contributed by atoms with Gasteiger partial charge in [-0.05, 0) is 49.0 Å². The third kappa shape index (κ3) is 6.45. The largest absolute Gasteiger partial charge is 0.333 e. The van der Waals surface area contributed by atoms with E-state index in [2.05, 4.69) is 76.6 Å². The number of halogens is 2. The highest BCUT2D eigenvalue weighted by atomic mass is 35.5. The predicted molar refractivity (Wildman–Crippen MR) is 132 cm³/mol. The molecule has 0 aliphatic carbocycles. The minimum absolute atomic E-state index is 0. The summed E-state index contributed by atoms with van der Waals surface area (Å²) in [6.07, 6.45) is 2.99. The topological polar surface area (TPSA) is 35.6 Å². The summed E-state index contributed by atoms with van der Waals surface area (Å²) in [6.45, 7) is 7.73. The van der Waals surface area contributed by atoms with Crippen molar-refractivity contribution in [3.63, 3.8) is 0 Å². The van der Waals surface area contributed by atoms with E-state index in [1.807, 2.05) is 0 Å². The molecular formula is C25H35Cl2N3O. The van der Waals surface area contributed by atoms with Gasteiger partial charge in [-0.2, -0.15) is 0 Å². The molecule has 0 saturated carbocycles. The van der Waals surface area contributed by atoms with E-state index in [0.717, 1.165) is 58.5 Å². The maximum atomic E-state index is 13.4. The number of carbonyl (C=O) groups excluding carboxylic acids is 1. The zero-order valence-electron chi connectivity index (χ0n) is 18.3. The van der Waals surface area contributed by atoms with Gasteiger partial charge in [-0.15, -0.1) is 24.8 Å². The number of piperazine rings is 1. The number of piperidine rings is 1. The molecule has 2 saturated heterocycles. The lowest BCUT2D eigenvalue weighted by atomic mass is 9.92. The van der Waals surface area contributed by atoms with Crippen LogP contribution in [0.15, 0.2) is 54.6 Å². The van der Waals surface area contributed by atoms with Gasteiger partial charge in [0.25, 0.3) is 0 Å². The minimum atomic E-state index is 0. The van der Waals surface area contributed by atoms with Gasteiger partial charge in [0.05, 0.1) is 6.04 Å². The van der Waals surface area contributed by atoms with Gasteiger partial charge in [0.2, 0.25) is 5.91 Å². The number of nitrogens with one attached hydrogen (secondary N) is 1. The number of carbonyl (C=O) groups is 1. The summed E-state index contributed by atoms with van der Waals surface area (Å²) < 4.78 is 0. The van der Waals surface area contributed by atoms with E-state index in [4.69, 9.17) is 0 Å². The quantitative estimate of drug-likeness (QED) is 0.709. The van der Waals surface area contributed by atoms with Gasteiger partial charge in [-0.1, -0.05) is 61.5 Å². The number of likely N-dealkylation sites (tertiary alicyclic amines) is 1. The van der Waals surface area contributed by atoms with Crippen LogP contribution in [0.1, 0.15) is 42.5 Å². The lowest BCUT2D eigenvalue weighted by Crippen LogP contribution is -2.51. The number of amides is 1. The lowest BCUT2D eigenvalue weighted by Gasteiger charge is -2.40. The van der Waals surface area contributed by atoms with Crippen molar-refractivity contribution < 1.29 is 4.79 Å². The lowest BCUT2D eigenvalue weighted by molar-refractivity contribution is -0.140. The molecule has 4 rings (SSSR count). The average Bonchev–Trinajstić information content (AvgIpc) is 2.80. The van der Waals surface area contributed by atoms with Crippen molar-refractivity contribution in [2.45, 2.75) is 38.8 Å². The van der Waals surface area contributed by atoms with Crippen LogP contribution in [0, 0.1) is 5.92 Å². The number of hydrogen-bond acceptors (Lipinski definition) is 3. The fraction of sp³-hybridized carbons (Fsp3) is 0.480. The maximum absolute atomic E-state index is 13.4. The van der Waals surface area contributed by atoms with Crippen LogP contribution in [0.2, 0.25) is 0 Å². The van der Waals surface area contributed by atoms with Gasteiger partial charge in [-0.25, -0.2) is 0 Å². The standard InChI is InChI=1S/C25H33N3O.2ClH/c1-2-20-8-10-22(11-9-20)24-18-26-14-17-28(24)25(29)23-12-15-27(16-13-23)19-21-6-4-3-5-7-21;;/h3-11,23-24,26H,2,12-19H2,1H3;2*1H. The normalized spacial score (nSPS) is 19.9. The summed E-state index contributed by atoms with van der Waals surface area (Å²) in [4.78, 5) is 18.0. The summed E-state index contributed by atoms with van der Waals surface area (Å²) in [5.41, 5.74) is 3.96. The third-order valence-corrected chi connectivity index (χ3v) is 6.49. The Labute approximate surface area is 199 Å². The van der Waals surface area contributed by atoms with E-state index in [-0.39, 0.29) is 36.8 Å². The summed E-state index contributed by atoms with van der Waals surface area (Å²) in [7, 11) is 0. The first-order chi connectivity index (χ1) is 14.2. The molecule has 2 aliphatic heterocycles. The molecule has 31 heavy (non-hydrogen) atoms. The molecule has 6 heteroatoms. The number of benzene rings is 2. The molecule has 0 bridgehead atoms. The molecule has 1 amide bonds. The Hall–Kier alpha value is -1.59. The molecule has 1 atom stereocenters. The van der Waals surface area contributed by atoms with E-state index in [0.29, 0.717) is 5.91 Å². The monoisotopic (exact) mass is 463 g/mol. The Morgan fingerprint density at radius 3 is 2.26 bits per heavy atom. The van der Waals surface area contributed by atoms with Crippen molar-refractivity contribution in [1.29, 1.82) is 0 Å². The Balaban J connectivity index is 0.00000171. The minimum Gasteiger partial charge on any atom is -0.333 e. The van der Waals surface area contributed by atoms with Gasteiger partial charge in [0, 0.05) is 32.1 Å². The molecule has 1 unspecified atom stereocenters. The summed E-state index contributed by atoms with van der Waals surface area (Å²) in [5, 5.41) is 3.48. The highest BCUT2D eigenvalue weighted by molar-refractivity contribution is 5.85. The van der Waals surface area contributed by atoms with Crippen LogP contribution in [0.5, 0.6) is 0 Å². The zero-order chi connectivity index (χ0) is 20.1. The van der Waals surface area contributed by atoms with Gasteiger partial charge >= 0.3 is 0 Å². The van der Waals surface area contributed by atoms with Crippen LogP contribution >= 0.6 is 24.8 Å². The molecule has 2 aliphatic rings. The van der Waals surface area contributed by atoms with Crippen LogP contribution in [-0.2, 0) is 17.8 Å². The maximum Gasteiger partial charge on any atom is 0.226 e. The van der Waals surface area contributed by atoms with Crippen molar-refractivity contribution >= 4 is 30.7 Å². The molecule has 1 N–H and O–H groups in total. The van der Waals surface area contributed by atoms with Gasteiger partial charge in [0.1, 0.15) is 0 Å². The first kappa shape index (κ1) is 25.7. The van der Waals surface area contributed by atoms with E-state index in [1.54, 1.807) is 0 Å². The molecule has 0 radical (unpaired) electrons. The van der Waals surface area contributed by atoms with Gasteiger partial charge < -0.3 is 10.2 Å². The molecule has 170 valence electrons. The fourth-order valence-electron chi connectivity index (χ4n) is 4.66. The van der Waals surface area contributed by atoms with E-state index in [1.165, 1.54) is 16.7 Å². The molecule has 0 aromatic heterocycles. The molecular weight excluding hydrogens is 429 g/mol. The number of rotatable bonds is 5. The summed E-state index contributed by atoms with van der Waals surface area (Å²) >= 11 is 0. The Kier molecular flexibility index (Phi) is 10.3. The summed E-state index contributed by atoms with van der Waals surface area (Å²) in [5.74, 6) is 0.521. The first-order valence-electron chi connectivity index (χ1n) is 11.1. The Morgan fingerprint density at radius 1 is 0.935 bits per heavy atom. The van der Waals surface area contributed by atoms with Crippen molar-refractivity contribution in [2.75, 3.05) is 32.7 Å². The number of aryl methyl sites for hydroxylation is 1. The van der Waals surface area contributed by atoms with Crippen LogP contribution in [0.25, 0.3) is 0 Å². The van der Waals surface area contributed by atoms with Crippen molar-refractivity contribution in [1.82, 2.24) is 15.1 Å². The second-order valence-corrected chi connectivity index (χ2v) is 8.38. The van der Waals surface area contributed by atoms with Crippen molar-refractivity contribution in [3.8, 4) is 0 Å². The second kappa shape index (κ2) is 12.4. The van der Waals surface area contributed by atoms with Gasteiger partial charge in [0.15, 0.2) is 0 Å². The smallest absolute Gasteiger partial charge is 0.226 e. The van der Waals surface area contributed by atoms with Crippen molar-refractivity contribution in [2.24, 2.45) is 5.92 Å². The molecule has 0 spiro atoms. The first-order valence-corrected chi connectivity index (χ1v) is 11.1. The van der Waals surface area contributed by atoms with E-state index >= 15 is 0 Å². The Morgan fingerprint density at radius 2 is 1.61 bits per heavy atom. The average molecular weight is 464 g/mol. The predicted octanol–water partition coefficient (Wildman–Crippen LogP) is 4.48. The third-order valence-electron chi connectivity index (χ3n) is 6.49. The molecule has 2 aromatic rings. The molecule has 4 nitrogen and oxygen atoms in total. The summed E-state index contributed by atoms with van der Waals surface area (Å²) in [6, 6.07) is 19.6. The second-order valence-electron chi connectivity index (χ2n) is 8.38. The van der Waals surface area contributed by atoms with Crippen LogP contribution in [0.4, 0.5) is 0 Å². The molecule has 2 aromatic carbocycles. The zero-order valence-corrected chi connectivity index (χ0v) is 20.0. The number of hydrogen-bond donors (Lipinski definition) is 1. The molecule has 2 heterocycles. The fourth-order valence-corrected chi connectivity index (χ4v) is 4.66. The van der Waals surface area contributed by atoms with Crippen LogP contribution < -0.4 is 5.32 Å². The van der Waals surface area contributed by atoms with Crippen LogP contribution in [0.3, 0.4) is 0 Å². The molecule has 2 fully saturated rings. The van der Waals surface area contributed by atoms with Crippen molar-refractivity contribution in [3.05, 3.63) is 71.3 Å². The van der Waals surface area contributed by atoms with E-state index in [9.17, 15) is 4.79 Å². The number of nitrogens with zero attached hydrogens (tertiary/aromatic N) is 2.